The molecule has 6 nitrogen and oxygen atoms in total. The zero-order valence-electron chi connectivity index (χ0n) is 15.1. The normalized spacial score (nSPS) is 19.1. The molecule has 0 saturated heterocycles. The van der Waals surface area contributed by atoms with E-state index in [4.69, 9.17) is 10.8 Å². The molecule has 4 rings (SSSR count). The van der Waals surface area contributed by atoms with Crippen LogP contribution in [0.25, 0.3) is 0 Å². The number of hydrogen-bond acceptors (Lipinski definition) is 5. The van der Waals surface area contributed by atoms with E-state index in [2.05, 4.69) is 21.0 Å². The van der Waals surface area contributed by atoms with E-state index in [1.54, 1.807) is 6.07 Å². The summed E-state index contributed by atoms with van der Waals surface area (Å²) in [5.41, 5.74) is 8.55. The number of aromatic nitrogens is 2. The Morgan fingerprint density at radius 1 is 1.27 bits per heavy atom. The van der Waals surface area contributed by atoms with Crippen LogP contribution in [-0.2, 0) is 19.6 Å². The smallest absolute Gasteiger partial charge is 0.263 e. The fraction of sp³-hybridized carbons (Fsp3) is 0.579. The van der Waals surface area contributed by atoms with Gasteiger partial charge >= 0.3 is 0 Å². The van der Waals surface area contributed by atoms with E-state index in [-0.39, 0.29) is 5.91 Å². The summed E-state index contributed by atoms with van der Waals surface area (Å²) < 4.78 is 2.13. The molecule has 3 N–H and O–H groups in total. The first-order valence-electron chi connectivity index (χ1n) is 9.61. The van der Waals surface area contributed by atoms with E-state index in [0.717, 1.165) is 37.8 Å². The summed E-state index contributed by atoms with van der Waals surface area (Å²) in [5.74, 6) is -0.121. The maximum atomic E-state index is 12.2. The molecular weight excluding hydrogens is 346 g/mol. The number of nitrogen functional groups attached to an aromatic ring is 1. The predicted molar refractivity (Wildman–Crippen MR) is 104 cm³/mol. The summed E-state index contributed by atoms with van der Waals surface area (Å²) >= 11 is 1.37. The fourth-order valence-corrected chi connectivity index (χ4v) is 4.88. The van der Waals surface area contributed by atoms with Crippen molar-refractivity contribution in [3.63, 3.8) is 0 Å². The summed E-state index contributed by atoms with van der Waals surface area (Å²) in [6, 6.07) is 4.65. The largest absolute Gasteiger partial charge is 0.397 e. The topological polar surface area (TPSA) is 76.2 Å². The van der Waals surface area contributed by atoms with Crippen LogP contribution >= 0.6 is 11.3 Å². The lowest BCUT2D eigenvalue weighted by atomic mass is 9.94. The second kappa shape index (κ2) is 7.80. The zero-order chi connectivity index (χ0) is 17.9. The van der Waals surface area contributed by atoms with Gasteiger partial charge in [0, 0.05) is 25.7 Å². The number of fused-ring (bicyclic) bond motifs is 1. The number of nitrogens with zero attached hydrogens (tertiary/aromatic N) is 3. The Balaban J connectivity index is 1.40. The molecule has 1 fully saturated rings. The minimum absolute atomic E-state index is 0.121. The lowest BCUT2D eigenvalue weighted by molar-refractivity contribution is 0.0955. The number of carbonyl (C=O) groups is 1. The minimum atomic E-state index is -0.121. The number of amides is 1. The molecule has 7 heteroatoms. The van der Waals surface area contributed by atoms with Crippen LogP contribution in [0.1, 0.15) is 59.6 Å². The highest BCUT2D eigenvalue weighted by atomic mass is 32.1. The molecule has 0 unspecified atom stereocenters. The number of aryl methyl sites for hydroxylation is 1. The van der Waals surface area contributed by atoms with Crippen LogP contribution in [0, 0.1) is 0 Å². The van der Waals surface area contributed by atoms with Crippen LogP contribution < -0.4 is 11.1 Å². The fourth-order valence-electron chi connectivity index (χ4n) is 4.15. The summed E-state index contributed by atoms with van der Waals surface area (Å²) in [6.07, 6.45) is 7.93. The number of anilines is 1. The van der Waals surface area contributed by atoms with Gasteiger partial charge in [-0.2, -0.15) is 5.10 Å². The second-order valence-corrected chi connectivity index (χ2v) is 8.27. The molecule has 0 aromatic carbocycles. The highest BCUT2D eigenvalue weighted by molar-refractivity contribution is 7.12. The van der Waals surface area contributed by atoms with E-state index in [1.165, 1.54) is 49.1 Å². The van der Waals surface area contributed by atoms with E-state index in [1.807, 2.05) is 5.38 Å². The summed E-state index contributed by atoms with van der Waals surface area (Å²) in [7, 11) is 0. The quantitative estimate of drug-likeness (QED) is 0.864. The van der Waals surface area contributed by atoms with Crippen molar-refractivity contribution < 1.29 is 4.79 Å². The molecule has 1 aliphatic heterocycles. The molecule has 26 heavy (non-hydrogen) atoms. The summed E-state index contributed by atoms with van der Waals surface area (Å²) in [6.45, 7) is 3.55. The van der Waals surface area contributed by atoms with E-state index >= 15 is 0 Å². The molecular formula is C19H27N5OS. The number of nitrogens with two attached hydrogens (primary N) is 1. The van der Waals surface area contributed by atoms with E-state index in [9.17, 15) is 4.79 Å². The lowest BCUT2D eigenvalue weighted by Crippen LogP contribution is -2.36. The number of carbonyl (C=O) groups excluding carboxylic acids is 1. The van der Waals surface area contributed by atoms with Gasteiger partial charge in [-0.15, -0.1) is 11.3 Å². The van der Waals surface area contributed by atoms with Crippen molar-refractivity contribution >= 4 is 22.9 Å². The van der Waals surface area contributed by atoms with Crippen molar-refractivity contribution in [3.05, 3.63) is 33.8 Å². The first-order valence-corrected chi connectivity index (χ1v) is 10.5. The van der Waals surface area contributed by atoms with Gasteiger partial charge in [-0.3, -0.25) is 14.4 Å². The van der Waals surface area contributed by atoms with Gasteiger partial charge in [0.15, 0.2) is 0 Å². The van der Waals surface area contributed by atoms with Crippen LogP contribution in [-0.4, -0.2) is 33.2 Å². The van der Waals surface area contributed by atoms with Gasteiger partial charge in [-0.25, -0.2) is 0 Å². The Kier molecular flexibility index (Phi) is 5.26. The summed E-state index contributed by atoms with van der Waals surface area (Å²) in [4.78, 5) is 15.5. The first kappa shape index (κ1) is 17.5. The maximum Gasteiger partial charge on any atom is 0.263 e. The van der Waals surface area contributed by atoms with E-state index < -0.39 is 0 Å². The van der Waals surface area contributed by atoms with Crippen molar-refractivity contribution in [1.29, 1.82) is 0 Å². The molecule has 1 saturated carbocycles. The summed E-state index contributed by atoms with van der Waals surface area (Å²) in [5, 5.41) is 9.49. The van der Waals surface area contributed by atoms with Crippen LogP contribution in [0.2, 0.25) is 0 Å². The first-order chi connectivity index (χ1) is 12.7. The minimum Gasteiger partial charge on any atom is -0.397 e. The monoisotopic (exact) mass is 373 g/mol. The molecule has 140 valence electrons. The third kappa shape index (κ3) is 3.78. The van der Waals surface area contributed by atoms with Crippen LogP contribution in [0.5, 0.6) is 0 Å². The average molecular weight is 374 g/mol. The molecule has 2 aliphatic rings. The molecule has 0 radical (unpaired) electrons. The predicted octanol–water partition coefficient (Wildman–Crippen LogP) is 3.00. The SMILES string of the molecule is Nc1ccsc1C(=O)NCc1cc2n(n1)CCCN(C1CCCCC1)C2. The molecule has 2 aromatic rings. The average Bonchev–Trinajstić information content (AvgIpc) is 3.20. The highest BCUT2D eigenvalue weighted by Crippen LogP contribution is 2.26. The Morgan fingerprint density at radius 2 is 2.12 bits per heavy atom. The number of nitrogens with one attached hydrogen (secondary N) is 1. The zero-order valence-corrected chi connectivity index (χ0v) is 15.9. The van der Waals surface area contributed by atoms with Gasteiger partial charge in [0.25, 0.3) is 5.91 Å². The Morgan fingerprint density at radius 3 is 2.88 bits per heavy atom. The van der Waals surface area contributed by atoms with E-state index in [0.29, 0.717) is 17.1 Å². The van der Waals surface area contributed by atoms with Crippen LogP contribution in [0.3, 0.4) is 0 Å². The Labute approximate surface area is 158 Å². The van der Waals surface area contributed by atoms with Crippen molar-refractivity contribution in [2.75, 3.05) is 12.3 Å². The van der Waals surface area contributed by atoms with Crippen molar-refractivity contribution in [1.82, 2.24) is 20.0 Å². The molecule has 3 heterocycles. The molecule has 1 amide bonds. The van der Waals surface area contributed by atoms with Crippen molar-refractivity contribution in [2.24, 2.45) is 0 Å². The van der Waals surface area contributed by atoms with Crippen LogP contribution in [0.4, 0.5) is 5.69 Å². The van der Waals surface area contributed by atoms with Gasteiger partial charge < -0.3 is 11.1 Å². The third-order valence-electron chi connectivity index (χ3n) is 5.52. The van der Waals surface area contributed by atoms with Gasteiger partial charge in [0.05, 0.1) is 23.6 Å². The van der Waals surface area contributed by atoms with Gasteiger partial charge in [-0.1, -0.05) is 19.3 Å². The number of rotatable bonds is 4. The van der Waals surface area contributed by atoms with Gasteiger partial charge in [0.2, 0.25) is 0 Å². The molecule has 1 aliphatic carbocycles. The lowest BCUT2D eigenvalue weighted by Gasteiger charge is -2.33. The number of thiophene rings is 1. The molecule has 0 bridgehead atoms. The molecule has 0 spiro atoms. The highest BCUT2D eigenvalue weighted by Gasteiger charge is 2.24. The standard InChI is InChI=1S/C19H27N5OS/c20-17-7-10-26-18(17)19(25)21-12-14-11-16-13-23(8-4-9-24(16)22-14)15-5-2-1-3-6-15/h7,10-11,15H,1-6,8-9,12-13,20H2,(H,21,25). The van der Waals surface area contributed by atoms with Crippen LogP contribution in [0.15, 0.2) is 17.5 Å². The second-order valence-electron chi connectivity index (χ2n) is 7.35. The Bertz CT molecular complexity index is 762. The molecule has 2 aromatic heterocycles. The van der Waals surface area contributed by atoms with Crippen molar-refractivity contribution in [3.8, 4) is 0 Å². The van der Waals surface area contributed by atoms with Crippen molar-refractivity contribution in [2.45, 2.75) is 64.2 Å². The number of hydrogen-bond donors (Lipinski definition) is 2. The van der Waals surface area contributed by atoms with Gasteiger partial charge in [-0.05, 0) is 36.8 Å². The maximum absolute atomic E-state index is 12.2. The third-order valence-corrected chi connectivity index (χ3v) is 6.45. The van der Waals surface area contributed by atoms with Gasteiger partial charge in [0.1, 0.15) is 4.88 Å². The molecule has 0 atom stereocenters. The Hall–Kier alpha value is -1.86.